The quantitative estimate of drug-likeness (QED) is 0.824. The zero-order chi connectivity index (χ0) is 17.2. The number of carbonyl (C=O) groups is 1. The molecule has 1 amide bonds. The van der Waals surface area contributed by atoms with E-state index < -0.39 is 10.0 Å². The van der Waals surface area contributed by atoms with Crippen molar-refractivity contribution < 1.29 is 22.7 Å². The summed E-state index contributed by atoms with van der Waals surface area (Å²) in [6.07, 6.45) is 2.89. The standard InChI is InChI=1S/C15H22N2O5S2/c1-16-14(18)13-8-12(10-23-13)24(19,20)17-11-2-5-22-15(9-11)3-6-21-7-4-15/h8,10-11,17H,2-7,9H2,1H3,(H,16,18)/t11-/m0/s1. The maximum atomic E-state index is 12.6. The van der Waals surface area contributed by atoms with Crippen LogP contribution in [0.5, 0.6) is 0 Å². The van der Waals surface area contributed by atoms with Crippen LogP contribution in [-0.2, 0) is 19.5 Å². The Balaban J connectivity index is 1.69. The van der Waals surface area contributed by atoms with E-state index in [4.69, 9.17) is 9.47 Å². The fourth-order valence-corrected chi connectivity index (χ4v) is 5.70. The molecule has 1 aromatic heterocycles. The number of thiophene rings is 1. The van der Waals surface area contributed by atoms with E-state index in [1.165, 1.54) is 18.5 Å². The van der Waals surface area contributed by atoms with Gasteiger partial charge in [0, 0.05) is 38.3 Å². The number of carbonyl (C=O) groups excluding carboxylic acids is 1. The molecule has 3 heterocycles. The molecule has 1 aromatic rings. The number of sulfonamides is 1. The van der Waals surface area contributed by atoms with Gasteiger partial charge < -0.3 is 14.8 Å². The first-order valence-corrected chi connectivity index (χ1v) is 10.4. The van der Waals surface area contributed by atoms with Gasteiger partial charge >= 0.3 is 0 Å². The normalized spacial score (nSPS) is 24.0. The maximum absolute atomic E-state index is 12.6. The van der Waals surface area contributed by atoms with Crippen molar-refractivity contribution in [2.45, 2.75) is 42.2 Å². The Morgan fingerprint density at radius 3 is 2.79 bits per heavy atom. The van der Waals surface area contributed by atoms with Gasteiger partial charge in [-0.1, -0.05) is 0 Å². The molecule has 9 heteroatoms. The van der Waals surface area contributed by atoms with Gasteiger partial charge in [-0.15, -0.1) is 11.3 Å². The number of amides is 1. The highest BCUT2D eigenvalue weighted by atomic mass is 32.2. The van der Waals surface area contributed by atoms with Crippen LogP contribution < -0.4 is 10.0 Å². The van der Waals surface area contributed by atoms with Gasteiger partial charge in [-0.05, 0) is 31.7 Å². The monoisotopic (exact) mass is 374 g/mol. The minimum absolute atomic E-state index is 0.138. The second-order valence-corrected chi connectivity index (χ2v) is 8.81. The van der Waals surface area contributed by atoms with E-state index in [9.17, 15) is 13.2 Å². The van der Waals surface area contributed by atoms with Crippen molar-refractivity contribution in [3.05, 3.63) is 16.3 Å². The predicted octanol–water partition coefficient (Wildman–Crippen LogP) is 1.11. The molecule has 2 saturated heterocycles. The zero-order valence-electron chi connectivity index (χ0n) is 13.5. The molecule has 2 N–H and O–H groups in total. The van der Waals surface area contributed by atoms with Crippen LogP contribution in [0.3, 0.4) is 0 Å². The van der Waals surface area contributed by atoms with E-state index in [0.29, 0.717) is 37.5 Å². The SMILES string of the molecule is CNC(=O)c1cc(S(=O)(=O)N[C@H]2CCOC3(CCOCC3)C2)cs1. The summed E-state index contributed by atoms with van der Waals surface area (Å²) in [6.45, 7) is 1.85. The fraction of sp³-hybridized carbons (Fsp3) is 0.667. The van der Waals surface area contributed by atoms with Gasteiger partial charge in [0.05, 0.1) is 15.4 Å². The molecule has 0 unspecified atom stereocenters. The molecule has 0 aliphatic carbocycles. The van der Waals surface area contributed by atoms with Crippen molar-refractivity contribution in [3.8, 4) is 0 Å². The molecule has 0 radical (unpaired) electrons. The first kappa shape index (κ1) is 17.8. The molecule has 7 nitrogen and oxygen atoms in total. The summed E-state index contributed by atoms with van der Waals surface area (Å²) in [5.74, 6) is -0.284. The third-order valence-electron chi connectivity index (χ3n) is 4.56. The van der Waals surface area contributed by atoms with Crippen LogP contribution in [0.15, 0.2) is 16.3 Å². The third kappa shape index (κ3) is 3.80. The predicted molar refractivity (Wildman–Crippen MR) is 89.8 cm³/mol. The summed E-state index contributed by atoms with van der Waals surface area (Å²) < 4.78 is 39.3. The van der Waals surface area contributed by atoms with Crippen LogP contribution in [0.4, 0.5) is 0 Å². The smallest absolute Gasteiger partial charge is 0.261 e. The molecular weight excluding hydrogens is 352 g/mol. The van der Waals surface area contributed by atoms with Crippen LogP contribution in [0, 0.1) is 0 Å². The highest BCUT2D eigenvalue weighted by molar-refractivity contribution is 7.89. The largest absolute Gasteiger partial charge is 0.381 e. The minimum Gasteiger partial charge on any atom is -0.381 e. The highest BCUT2D eigenvalue weighted by Crippen LogP contribution is 2.34. The first-order chi connectivity index (χ1) is 11.4. The summed E-state index contributed by atoms with van der Waals surface area (Å²) in [7, 11) is -2.12. The van der Waals surface area contributed by atoms with Gasteiger partial charge in [-0.25, -0.2) is 13.1 Å². The minimum atomic E-state index is -3.64. The van der Waals surface area contributed by atoms with Crippen LogP contribution >= 0.6 is 11.3 Å². The van der Waals surface area contributed by atoms with Crippen molar-refractivity contribution in [1.29, 1.82) is 0 Å². The summed E-state index contributed by atoms with van der Waals surface area (Å²) in [6, 6.07) is 1.25. The van der Waals surface area contributed by atoms with Crippen molar-refractivity contribution in [3.63, 3.8) is 0 Å². The van der Waals surface area contributed by atoms with Gasteiger partial charge in [0.2, 0.25) is 10.0 Å². The number of ether oxygens (including phenoxy) is 2. The zero-order valence-corrected chi connectivity index (χ0v) is 15.2. The first-order valence-electron chi connectivity index (χ1n) is 7.99. The molecule has 134 valence electrons. The lowest BCUT2D eigenvalue weighted by Gasteiger charge is -2.43. The van der Waals surface area contributed by atoms with Crippen molar-refractivity contribution in [2.75, 3.05) is 26.9 Å². The van der Waals surface area contributed by atoms with E-state index in [-0.39, 0.29) is 22.4 Å². The molecule has 0 saturated carbocycles. The molecule has 24 heavy (non-hydrogen) atoms. The molecule has 2 aliphatic rings. The van der Waals surface area contributed by atoms with Gasteiger partial charge in [0.15, 0.2) is 0 Å². The van der Waals surface area contributed by atoms with Crippen LogP contribution in [0.2, 0.25) is 0 Å². The van der Waals surface area contributed by atoms with Gasteiger partial charge in [0.25, 0.3) is 5.91 Å². The Morgan fingerprint density at radius 1 is 1.33 bits per heavy atom. The third-order valence-corrected chi connectivity index (χ3v) is 7.13. The van der Waals surface area contributed by atoms with Crippen molar-refractivity contribution in [2.24, 2.45) is 0 Å². The van der Waals surface area contributed by atoms with Gasteiger partial charge in [-0.3, -0.25) is 4.79 Å². The van der Waals surface area contributed by atoms with E-state index in [1.807, 2.05) is 0 Å². The fourth-order valence-electron chi connectivity index (χ4n) is 3.21. The Morgan fingerprint density at radius 2 is 2.08 bits per heavy atom. The summed E-state index contributed by atoms with van der Waals surface area (Å²) in [5, 5.41) is 3.99. The average Bonchev–Trinajstić information content (AvgIpc) is 3.05. The summed E-state index contributed by atoms with van der Waals surface area (Å²) in [5.41, 5.74) is -0.272. The Bertz CT molecular complexity index is 689. The highest BCUT2D eigenvalue weighted by Gasteiger charge is 2.40. The lowest BCUT2D eigenvalue weighted by atomic mass is 9.84. The Hall–Kier alpha value is -1.00. The molecule has 0 bridgehead atoms. The van der Waals surface area contributed by atoms with Crippen LogP contribution in [0.25, 0.3) is 0 Å². The van der Waals surface area contributed by atoms with Gasteiger partial charge in [0.1, 0.15) is 0 Å². The average molecular weight is 374 g/mol. The lowest BCUT2D eigenvalue weighted by molar-refractivity contribution is -0.138. The number of hydrogen-bond donors (Lipinski definition) is 2. The molecule has 1 atom stereocenters. The molecule has 1 spiro atoms. The molecule has 2 aliphatic heterocycles. The Kier molecular flexibility index (Phi) is 5.26. The summed E-state index contributed by atoms with van der Waals surface area (Å²) >= 11 is 1.12. The van der Waals surface area contributed by atoms with E-state index in [1.54, 1.807) is 0 Å². The van der Waals surface area contributed by atoms with Gasteiger partial charge in [-0.2, -0.15) is 0 Å². The second kappa shape index (κ2) is 7.09. The molecular formula is C15H22N2O5S2. The molecule has 2 fully saturated rings. The van der Waals surface area contributed by atoms with Crippen molar-refractivity contribution in [1.82, 2.24) is 10.0 Å². The topological polar surface area (TPSA) is 93.7 Å². The number of rotatable bonds is 4. The van der Waals surface area contributed by atoms with E-state index >= 15 is 0 Å². The molecule has 0 aromatic carbocycles. The second-order valence-electron chi connectivity index (χ2n) is 6.18. The summed E-state index contributed by atoms with van der Waals surface area (Å²) in [4.78, 5) is 12.1. The Labute approximate surface area is 145 Å². The maximum Gasteiger partial charge on any atom is 0.261 e. The van der Waals surface area contributed by atoms with Crippen molar-refractivity contribution >= 4 is 27.3 Å². The van der Waals surface area contributed by atoms with Crippen LogP contribution in [-0.4, -0.2) is 52.8 Å². The van der Waals surface area contributed by atoms with E-state index in [2.05, 4.69) is 10.0 Å². The molecule has 3 rings (SSSR count). The lowest BCUT2D eigenvalue weighted by Crippen LogP contribution is -2.50. The number of nitrogens with one attached hydrogen (secondary N) is 2. The van der Waals surface area contributed by atoms with Crippen LogP contribution in [0.1, 0.15) is 35.4 Å². The van der Waals surface area contributed by atoms with E-state index in [0.717, 1.165) is 24.2 Å². The number of hydrogen-bond acceptors (Lipinski definition) is 6.